The molecule has 0 bridgehead atoms. The Labute approximate surface area is 216 Å². The molecule has 0 atom stereocenters. The Morgan fingerprint density at radius 3 is 2.31 bits per heavy atom. The zero-order valence-corrected chi connectivity index (χ0v) is 21.5. The Balaban J connectivity index is 1.29. The molecule has 0 aromatic heterocycles. The molecular weight excluding hydrogens is 502 g/mol. The number of nitrogens with zero attached hydrogens (tertiary/aromatic N) is 2. The van der Waals surface area contributed by atoms with Crippen LogP contribution in [0.4, 0.5) is 5.69 Å². The fourth-order valence-corrected chi connectivity index (χ4v) is 5.25. The van der Waals surface area contributed by atoms with Crippen LogP contribution in [-0.4, -0.2) is 64.0 Å². The molecule has 3 aromatic rings. The Morgan fingerprint density at radius 2 is 1.67 bits per heavy atom. The van der Waals surface area contributed by atoms with E-state index in [4.69, 9.17) is 21.1 Å². The molecule has 1 aliphatic heterocycles. The molecule has 0 unspecified atom stereocenters. The third kappa shape index (κ3) is 6.69. The summed E-state index contributed by atoms with van der Waals surface area (Å²) < 4.78 is 38.7. The molecule has 4 rings (SSSR count). The maximum absolute atomic E-state index is 12.7. The van der Waals surface area contributed by atoms with Gasteiger partial charge in [-0.3, -0.25) is 14.4 Å². The molecular formula is C26H28ClN3O5S. The number of carbonyl (C=O) groups is 1. The number of nitrogens with one attached hydrogen (secondary N) is 1. The van der Waals surface area contributed by atoms with Gasteiger partial charge < -0.3 is 14.4 Å². The minimum absolute atomic E-state index is 0.0171. The number of hydrogen-bond donors (Lipinski definition) is 1. The molecule has 1 saturated heterocycles. The SMILES string of the molecule is COc1ccc(NS(=O)(=O)c2ccc(OCC(=O)N3CCN(Cc4ccccc4)CC3)c(Cl)c2)cc1. The zero-order valence-electron chi connectivity index (χ0n) is 19.9. The summed E-state index contributed by atoms with van der Waals surface area (Å²) in [6.07, 6.45) is 0. The van der Waals surface area contributed by atoms with Crippen LogP contribution < -0.4 is 14.2 Å². The van der Waals surface area contributed by atoms with Crippen LogP contribution in [0.5, 0.6) is 11.5 Å². The Hall–Kier alpha value is -3.27. The van der Waals surface area contributed by atoms with Gasteiger partial charge in [0.25, 0.3) is 15.9 Å². The van der Waals surface area contributed by atoms with Gasteiger partial charge in [-0.1, -0.05) is 41.9 Å². The van der Waals surface area contributed by atoms with Gasteiger partial charge in [-0.05, 0) is 48.0 Å². The van der Waals surface area contributed by atoms with Gasteiger partial charge in [0.15, 0.2) is 6.61 Å². The van der Waals surface area contributed by atoms with Crippen molar-refractivity contribution in [2.45, 2.75) is 11.4 Å². The molecule has 0 aliphatic carbocycles. The average molecular weight is 530 g/mol. The molecule has 0 radical (unpaired) electrons. The van der Waals surface area contributed by atoms with E-state index in [1.165, 1.54) is 30.9 Å². The highest BCUT2D eigenvalue weighted by Gasteiger charge is 2.22. The van der Waals surface area contributed by atoms with Crippen LogP contribution in [-0.2, 0) is 21.4 Å². The van der Waals surface area contributed by atoms with E-state index in [0.29, 0.717) is 24.5 Å². The van der Waals surface area contributed by atoms with Gasteiger partial charge in [-0.25, -0.2) is 8.42 Å². The van der Waals surface area contributed by atoms with E-state index in [9.17, 15) is 13.2 Å². The van der Waals surface area contributed by atoms with E-state index in [-0.39, 0.29) is 28.2 Å². The van der Waals surface area contributed by atoms with Gasteiger partial charge in [-0.2, -0.15) is 0 Å². The van der Waals surface area contributed by atoms with Crippen LogP contribution in [0, 0.1) is 0 Å². The first kappa shape index (κ1) is 25.8. The largest absolute Gasteiger partial charge is 0.497 e. The van der Waals surface area contributed by atoms with Gasteiger partial charge >= 0.3 is 0 Å². The third-order valence-electron chi connectivity index (χ3n) is 5.88. The third-order valence-corrected chi connectivity index (χ3v) is 7.56. The predicted octanol–water partition coefficient (Wildman–Crippen LogP) is 3.87. The Morgan fingerprint density at radius 1 is 0.972 bits per heavy atom. The summed E-state index contributed by atoms with van der Waals surface area (Å²) in [4.78, 5) is 16.7. The second kappa shape index (κ2) is 11.6. The van der Waals surface area contributed by atoms with Crippen molar-refractivity contribution >= 4 is 33.2 Å². The number of piperazine rings is 1. The molecule has 10 heteroatoms. The number of hydrogen-bond acceptors (Lipinski definition) is 6. The number of anilines is 1. The second-order valence-electron chi connectivity index (χ2n) is 8.36. The first-order chi connectivity index (χ1) is 17.3. The molecule has 0 spiro atoms. The van der Waals surface area contributed by atoms with E-state index in [1.807, 2.05) is 18.2 Å². The van der Waals surface area contributed by atoms with E-state index >= 15 is 0 Å². The Bertz CT molecular complexity index is 1280. The lowest BCUT2D eigenvalue weighted by Gasteiger charge is -2.34. The topological polar surface area (TPSA) is 88.2 Å². The summed E-state index contributed by atoms with van der Waals surface area (Å²) >= 11 is 6.28. The second-order valence-corrected chi connectivity index (χ2v) is 10.4. The van der Waals surface area contributed by atoms with Crippen LogP contribution in [0.25, 0.3) is 0 Å². The monoisotopic (exact) mass is 529 g/mol. The molecule has 3 aromatic carbocycles. The van der Waals surface area contributed by atoms with Gasteiger partial charge in [0.1, 0.15) is 11.5 Å². The average Bonchev–Trinajstić information content (AvgIpc) is 2.89. The van der Waals surface area contributed by atoms with Crippen LogP contribution >= 0.6 is 11.6 Å². The minimum Gasteiger partial charge on any atom is -0.497 e. The van der Waals surface area contributed by atoms with Crippen molar-refractivity contribution in [3.05, 3.63) is 83.4 Å². The van der Waals surface area contributed by atoms with E-state index < -0.39 is 10.0 Å². The standard InChI is InChI=1S/C26H28ClN3O5S/c1-34-22-9-7-21(8-10-22)28-36(32,33)23-11-12-25(24(27)17-23)35-19-26(31)30-15-13-29(14-16-30)18-20-5-3-2-4-6-20/h2-12,17,28H,13-16,18-19H2,1H3. The van der Waals surface area contributed by atoms with Crippen molar-refractivity contribution < 1.29 is 22.7 Å². The lowest BCUT2D eigenvalue weighted by Crippen LogP contribution is -2.49. The summed E-state index contributed by atoms with van der Waals surface area (Å²) in [5, 5.41) is 0.105. The van der Waals surface area contributed by atoms with E-state index in [0.717, 1.165) is 19.6 Å². The van der Waals surface area contributed by atoms with E-state index in [2.05, 4.69) is 21.8 Å². The van der Waals surface area contributed by atoms with Crippen molar-refractivity contribution in [3.8, 4) is 11.5 Å². The summed E-state index contributed by atoms with van der Waals surface area (Å²) in [7, 11) is -2.33. The van der Waals surface area contributed by atoms with Gasteiger partial charge in [0.2, 0.25) is 0 Å². The van der Waals surface area contributed by atoms with Gasteiger partial charge in [0.05, 0.1) is 17.0 Å². The van der Waals surface area contributed by atoms with Crippen molar-refractivity contribution in [3.63, 3.8) is 0 Å². The van der Waals surface area contributed by atoms with Crippen molar-refractivity contribution in [2.75, 3.05) is 44.6 Å². The number of ether oxygens (including phenoxy) is 2. The normalized spacial score (nSPS) is 14.3. The highest BCUT2D eigenvalue weighted by atomic mass is 35.5. The first-order valence-electron chi connectivity index (χ1n) is 11.5. The Kier molecular flexibility index (Phi) is 8.35. The highest BCUT2D eigenvalue weighted by molar-refractivity contribution is 7.92. The maximum atomic E-state index is 12.7. The first-order valence-corrected chi connectivity index (χ1v) is 13.3. The van der Waals surface area contributed by atoms with Crippen LogP contribution in [0.2, 0.25) is 5.02 Å². The fourth-order valence-electron chi connectivity index (χ4n) is 3.87. The smallest absolute Gasteiger partial charge is 0.261 e. The molecule has 0 saturated carbocycles. The zero-order chi connectivity index (χ0) is 25.5. The molecule has 1 N–H and O–H groups in total. The summed E-state index contributed by atoms with van der Waals surface area (Å²) in [6.45, 7) is 3.50. The number of sulfonamides is 1. The molecule has 8 nitrogen and oxygen atoms in total. The molecule has 1 heterocycles. The minimum atomic E-state index is -3.86. The lowest BCUT2D eigenvalue weighted by atomic mass is 10.2. The highest BCUT2D eigenvalue weighted by Crippen LogP contribution is 2.28. The molecule has 1 fully saturated rings. The number of amides is 1. The number of carbonyl (C=O) groups excluding carboxylic acids is 1. The summed E-state index contributed by atoms with van der Waals surface area (Å²) in [5.41, 5.74) is 1.64. The van der Waals surface area contributed by atoms with Crippen molar-refractivity contribution in [2.24, 2.45) is 0 Å². The van der Waals surface area contributed by atoms with Crippen molar-refractivity contribution in [1.82, 2.24) is 9.80 Å². The van der Waals surface area contributed by atoms with Crippen LogP contribution in [0.15, 0.2) is 77.7 Å². The molecule has 190 valence electrons. The molecule has 1 amide bonds. The summed E-state index contributed by atoms with van der Waals surface area (Å²) in [5.74, 6) is 0.727. The number of halogens is 1. The van der Waals surface area contributed by atoms with E-state index in [1.54, 1.807) is 29.2 Å². The lowest BCUT2D eigenvalue weighted by molar-refractivity contribution is -0.135. The molecule has 1 aliphatic rings. The van der Waals surface area contributed by atoms with Crippen LogP contribution in [0.1, 0.15) is 5.56 Å². The maximum Gasteiger partial charge on any atom is 0.261 e. The predicted molar refractivity (Wildman–Crippen MR) is 139 cm³/mol. The number of rotatable bonds is 9. The fraction of sp³-hybridized carbons (Fsp3) is 0.269. The molecule has 36 heavy (non-hydrogen) atoms. The van der Waals surface area contributed by atoms with Crippen LogP contribution in [0.3, 0.4) is 0 Å². The van der Waals surface area contributed by atoms with Gasteiger partial charge in [-0.15, -0.1) is 0 Å². The summed E-state index contributed by atoms with van der Waals surface area (Å²) in [6, 6.07) is 20.9. The van der Waals surface area contributed by atoms with Crippen molar-refractivity contribution in [1.29, 1.82) is 0 Å². The quantitative estimate of drug-likeness (QED) is 0.453. The number of benzene rings is 3. The van der Waals surface area contributed by atoms with Gasteiger partial charge in [0, 0.05) is 38.4 Å². The number of methoxy groups -OCH3 is 1.